The summed E-state index contributed by atoms with van der Waals surface area (Å²) < 4.78 is 18.8. The number of halogens is 1. The van der Waals surface area contributed by atoms with Crippen LogP contribution in [-0.4, -0.2) is 66.7 Å². The number of likely N-dealkylation sites (tertiary alicyclic amines) is 1. The number of nitrogens with one attached hydrogen (secondary N) is 1. The Balaban J connectivity index is 1.61. The average molecular weight is 494 g/mol. The fraction of sp³-hybridized carbons (Fsp3) is 0.393. The van der Waals surface area contributed by atoms with E-state index in [0.29, 0.717) is 52.5 Å². The number of amides is 2. The van der Waals surface area contributed by atoms with Gasteiger partial charge in [-0.1, -0.05) is 12.1 Å². The van der Waals surface area contributed by atoms with Crippen LogP contribution in [0.3, 0.4) is 0 Å². The molecule has 190 valence electrons. The predicted octanol–water partition coefficient (Wildman–Crippen LogP) is 4.30. The third kappa shape index (κ3) is 4.72. The summed E-state index contributed by atoms with van der Waals surface area (Å²) in [5, 5.41) is 0.572. The zero-order chi connectivity index (χ0) is 26.1. The molecule has 2 heterocycles. The van der Waals surface area contributed by atoms with Crippen LogP contribution in [0.5, 0.6) is 5.75 Å². The van der Waals surface area contributed by atoms with Crippen molar-refractivity contribution in [1.82, 2.24) is 14.8 Å². The van der Waals surface area contributed by atoms with Gasteiger partial charge in [-0.2, -0.15) is 0 Å². The molecule has 2 aromatic carbocycles. The Hall–Kier alpha value is -3.68. The fourth-order valence-corrected chi connectivity index (χ4v) is 5.13. The van der Waals surface area contributed by atoms with Crippen molar-refractivity contribution in [3.05, 3.63) is 64.1 Å². The normalized spacial score (nSPS) is 14.2. The molecule has 0 aliphatic carbocycles. The van der Waals surface area contributed by atoms with E-state index in [1.165, 1.54) is 38.2 Å². The van der Waals surface area contributed by atoms with Crippen LogP contribution in [0, 0.1) is 25.6 Å². The third-order valence-electron chi connectivity index (χ3n) is 7.09. The zero-order valence-corrected chi connectivity index (χ0v) is 21.4. The number of likely N-dealkylation sites (N-methyl/N-ethyl adjacent to an activating group) is 1. The number of ether oxygens (including phenoxy) is 1. The third-order valence-corrected chi connectivity index (χ3v) is 7.09. The molecule has 1 aliphatic rings. The number of hydrogen-bond acceptors (Lipinski definition) is 4. The van der Waals surface area contributed by atoms with Gasteiger partial charge in [0, 0.05) is 44.3 Å². The second kappa shape index (κ2) is 10.1. The molecule has 1 aliphatic heterocycles. The van der Waals surface area contributed by atoms with Crippen molar-refractivity contribution in [1.29, 1.82) is 0 Å². The minimum absolute atomic E-state index is 0.150. The number of rotatable bonds is 6. The first-order valence-electron chi connectivity index (χ1n) is 12.1. The van der Waals surface area contributed by atoms with Crippen molar-refractivity contribution in [2.75, 3.05) is 34.3 Å². The first-order chi connectivity index (χ1) is 17.1. The molecule has 3 aromatic rings. The topological polar surface area (TPSA) is 82.7 Å². The number of piperidine rings is 1. The Labute approximate surface area is 210 Å². The lowest BCUT2D eigenvalue weighted by Crippen LogP contribution is -2.39. The first kappa shape index (κ1) is 25.4. The minimum Gasteiger partial charge on any atom is -0.496 e. The van der Waals surface area contributed by atoms with Crippen molar-refractivity contribution >= 4 is 28.5 Å². The maximum absolute atomic E-state index is 13.7. The molecule has 1 aromatic heterocycles. The molecule has 2 amide bonds. The van der Waals surface area contributed by atoms with Gasteiger partial charge in [0.1, 0.15) is 11.6 Å². The number of hydrogen-bond donors (Lipinski definition) is 1. The molecule has 7 nitrogen and oxygen atoms in total. The van der Waals surface area contributed by atoms with Gasteiger partial charge in [0.05, 0.1) is 23.8 Å². The van der Waals surface area contributed by atoms with Crippen molar-refractivity contribution in [3.63, 3.8) is 0 Å². The van der Waals surface area contributed by atoms with Gasteiger partial charge in [-0.05, 0) is 62.3 Å². The van der Waals surface area contributed by atoms with Crippen LogP contribution in [0.4, 0.5) is 4.39 Å². The van der Waals surface area contributed by atoms with Crippen LogP contribution in [0.2, 0.25) is 0 Å². The van der Waals surface area contributed by atoms with Crippen molar-refractivity contribution < 1.29 is 23.5 Å². The number of H-pyrrole nitrogens is 1. The van der Waals surface area contributed by atoms with Crippen LogP contribution >= 0.6 is 0 Å². The summed E-state index contributed by atoms with van der Waals surface area (Å²) in [5.41, 5.74) is 3.62. The number of fused-ring (bicyclic) bond motifs is 1. The molecule has 0 spiro atoms. The number of carbonyl (C=O) groups excluding carboxylic acids is 3. The van der Waals surface area contributed by atoms with E-state index in [-0.39, 0.29) is 17.3 Å². The molecule has 36 heavy (non-hydrogen) atoms. The van der Waals surface area contributed by atoms with E-state index < -0.39 is 11.7 Å². The number of nitrogens with zero attached hydrogens (tertiary/aromatic N) is 2. The molecule has 1 fully saturated rings. The lowest BCUT2D eigenvalue weighted by molar-refractivity contribution is -0.124. The van der Waals surface area contributed by atoms with E-state index in [1.807, 2.05) is 17.0 Å². The molecule has 1 N–H and O–H groups in total. The summed E-state index contributed by atoms with van der Waals surface area (Å²) in [4.78, 5) is 45.4. The van der Waals surface area contributed by atoms with E-state index >= 15 is 0 Å². The summed E-state index contributed by atoms with van der Waals surface area (Å²) in [6, 6.07) is 8.31. The second-order valence-corrected chi connectivity index (χ2v) is 9.72. The Morgan fingerprint density at radius 1 is 1.08 bits per heavy atom. The molecule has 8 heteroatoms. The van der Waals surface area contributed by atoms with Gasteiger partial charge in [-0.25, -0.2) is 4.39 Å². The highest BCUT2D eigenvalue weighted by molar-refractivity contribution is 6.45. The SMILES string of the molecule is COc1cc2[nH]c(C)c(C(=O)C(=O)N(C)C)c2c(C)c1C(=O)N1CCC(Cc2ccc(F)cc2)CC1. The van der Waals surface area contributed by atoms with Gasteiger partial charge in [-0.15, -0.1) is 0 Å². The highest BCUT2D eigenvalue weighted by atomic mass is 19.1. The molecule has 4 rings (SSSR count). The highest BCUT2D eigenvalue weighted by Gasteiger charge is 2.31. The van der Waals surface area contributed by atoms with Crippen molar-refractivity contribution in [3.8, 4) is 5.75 Å². The van der Waals surface area contributed by atoms with Gasteiger partial charge in [-0.3, -0.25) is 14.4 Å². The standard InChI is InChI=1S/C28H32FN3O4/c1-16-23-21(30-17(2)25(23)26(33)28(35)31(3)4)15-22(36-5)24(16)27(34)32-12-10-19(11-13-32)14-18-6-8-20(29)9-7-18/h6-9,15,19,30H,10-14H2,1-5H3. The van der Waals surface area contributed by atoms with Crippen LogP contribution in [0.1, 0.15) is 50.4 Å². The van der Waals surface area contributed by atoms with Crippen LogP contribution in [0.25, 0.3) is 10.9 Å². The number of Topliss-reactive ketones (excluding diaryl/α,β-unsaturated/α-hetero) is 1. The Kier molecular flexibility index (Phi) is 7.15. The summed E-state index contributed by atoms with van der Waals surface area (Å²) in [5.74, 6) is -0.782. The maximum Gasteiger partial charge on any atom is 0.294 e. The minimum atomic E-state index is -0.620. The number of carbonyl (C=O) groups is 3. The summed E-state index contributed by atoms with van der Waals surface area (Å²) in [6.07, 6.45) is 2.54. The fourth-order valence-electron chi connectivity index (χ4n) is 5.13. The summed E-state index contributed by atoms with van der Waals surface area (Å²) in [7, 11) is 4.59. The van der Waals surface area contributed by atoms with E-state index in [0.717, 1.165) is 24.8 Å². The zero-order valence-electron chi connectivity index (χ0n) is 21.4. The molecular weight excluding hydrogens is 461 g/mol. The van der Waals surface area contributed by atoms with Crippen LogP contribution in [0.15, 0.2) is 30.3 Å². The van der Waals surface area contributed by atoms with Gasteiger partial charge >= 0.3 is 0 Å². The highest BCUT2D eigenvalue weighted by Crippen LogP contribution is 2.36. The van der Waals surface area contributed by atoms with Crippen LogP contribution in [-0.2, 0) is 11.2 Å². The van der Waals surface area contributed by atoms with Gasteiger partial charge in [0.25, 0.3) is 17.6 Å². The van der Waals surface area contributed by atoms with E-state index in [1.54, 1.807) is 19.9 Å². The molecule has 1 saturated heterocycles. The maximum atomic E-state index is 13.7. The molecule has 0 bridgehead atoms. The number of benzene rings is 2. The van der Waals surface area contributed by atoms with Gasteiger partial charge in [0.2, 0.25) is 0 Å². The first-order valence-corrected chi connectivity index (χ1v) is 12.1. The smallest absolute Gasteiger partial charge is 0.294 e. The number of ketones is 1. The summed E-state index contributed by atoms with van der Waals surface area (Å²) >= 11 is 0. The molecule has 0 saturated carbocycles. The van der Waals surface area contributed by atoms with Crippen LogP contribution < -0.4 is 4.74 Å². The second-order valence-electron chi connectivity index (χ2n) is 9.72. The van der Waals surface area contributed by atoms with E-state index in [2.05, 4.69) is 4.98 Å². The summed E-state index contributed by atoms with van der Waals surface area (Å²) in [6.45, 7) is 4.74. The van der Waals surface area contributed by atoms with E-state index in [9.17, 15) is 18.8 Å². The quantitative estimate of drug-likeness (QED) is 0.410. The van der Waals surface area contributed by atoms with E-state index in [4.69, 9.17) is 4.74 Å². The van der Waals surface area contributed by atoms with Gasteiger partial charge < -0.3 is 19.5 Å². The van der Waals surface area contributed by atoms with Crippen molar-refractivity contribution in [2.45, 2.75) is 33.1 Å². The predicted molar refractivity (Wildman–Crippen MR) is 136 cm³/mol. The monoisotopic (exact) mass is 493 g/mol. The number of aromatic amines is 1. The van der Waals surface area contributed by atoms with Crippen molar-refractivity contribution in [2.24, 2.45) is 5.92 Å². The Morgan fingerprint density at radius 3 is 2.31 bits per heavy atom. The Bertz CT molecular complexity index is 1320. The number of aryl methyl sites for hydroxylation is 2. The molecular formula is C28H32FN3O4. The number of methoxy groups -OCH3 is 1. The molecule has 0 radical (unpaired) electrons. The average Bonchev–Trinajstić information content (AvgIpc) is 3.20. The molecule has 0 atom stereocenters. The lowest BCUT2D eigenvalue weighted by atomic mass is 9.89. The number of aromatic nitrogens is 1. The lowest BCUT2D eigenvalue weighted by Gasteiger charge is -2.33. The van der Waals surface area contributed by atoms with Gasteiger partial charge in [0.15, 0.2) is 0 Å². The largest absolute Gasteiger partial charge is 0.496 e. The molecule has 0 unspecified atom stereocenters. The Morgan fingerprint density at radius 2 is 1.72 bits per heavy atom.